The summed E-state index contributed by atoms with van der Waals surface area (Å²) in [5, 5.41) is 5.63. The van der Waals surface area contributed by atoms with Crippen LogP contribution in [0.3, 0.4) is 0 Å². The number of hydrogen-bond acceptors (Lipinski definition) is 2. The van der Waals surface area contributed by atoms with Crippen LogP contribution in [0.2, 0.25) is 0 Å². The van der Waals surface area contributed by atoms with Gasteiger partial charge in [-0.2, -0.15) is 0 Å². The van der Waals surface area contributed by atoms with E-state index in [1.54, 1.807) is 11.9 Å². The van der Waals surface area contributed by atoms with Crippen molar-refractivity contribution < 1.29 is 9.59 Å². The number of hydrogen-bond donors (Lipinski definition) is 2. The number of urea groups is 1. The Morgan fingerprint density at radius 1 is 1.13 bits per heavy atom. The molecule has 2 aromatic carbocycles. The van der Waals surface area contributed by atoms with Crippen molar-refractivity contribution in [2.75, 3.05) is 17.3 Å². The summed E-state index contributed by atoms with van der Waals surface area (Å²) >= 11 is 0. The highest BCUT2D eigenvalue weighted by molar-refractivity contribution is 5.96. The average molecular weight is 309 g/mol. The molecule has 5 heteroatoms. The fourth-order valence-corrected chi connectivity index (χ4v) is 2.70. The van der Waals surface area contributed by atoms with E-state index in [0.29, 0.717) is 13.0 Å². The van der Waals surface area contributed by atoms with Gasteiger partial charge in [0.25, 0.3) is 0 Å². The van der Waals surface area contributed by atoms with Crippen molar-refractivity contribution in [1.29, 1.82) is 0 Å². The molecule has 2 aromatic rings. The minimum atomic E-state index is -0.235. The lowest BCUT2D eigenvalue weighted by molar-refractivity contribution is -0.118. The second-order valence-corrected chi connectivity index (χ2v) is 5.59. The fraction of sp³-hybridized carbons (Fsp3) is 0.222. The number of para-hydroxylation sites is 1. The molecule has 0 atom stereocenters. The number of aryl methyl sites for hydroxylation is 1. The van der Waals surface area contributed by atoms with Gasteiger partial charge in [0.1, 0.15) is 0 Å². The number of benzene rings is 2. The Balaban J connectivity index is 1.61. The van der Waals surface area contributed by atoms with Gasteiger partial charge in [-0.3, -0.25) is 4.79 Å². The Morgan fingerprint density at radius 3 is 2.70 bits per heavy atom. The number of anilines is 2. The van der Waals surface area contributed by atoms with Gasteiger partial charge in [0.15, 0.2) is 0 Å². The van der Waals surface area contributed by atoms with E-state index in [9.17, 15) is 9.59 Å². The van der Waals surface area contributed by atoms with Gasteiger partial charge in [-0.1, -0.05) is 30.3 Å². The van der Waals surface area contributed by atoms with Crippen LogP contribution in [-0.2, 0) is 17.8 Å². The van der Waals surface area contributed by atoms with Gasteiger partial charge in [0.05, 0.1) is 0 Å². The summed E-state index contributed by atoms with van der Waals surface area (Å²) in [6.07, 6.45) is 1.29. The van der Waals surface area contributed by atoms with E-state index in [4.69, 9.17) is 0 Å². The molecule has 0 radical (unpaired) electrons. The van der Waals surface area contributed by atoms with Crippen LogP contribution in [0.1, 0.15) is 17.5 Å². The summed E-state index contributed by atoms with van der Waals surface area (Å²) in [6, 6.07) is 15.0. The van der Waals surface area contributed by atoms with Gasteiger partial charge in [0.2, 0.25) is 5.91 Å². The molecule has 5 nitrogen and oxygen atoms in total. The van der Waals surface area contributed by atoms with E-state index in [1.165, 1.54) is 0 Å². The highest BCUT2D eigenvalue weighted by atomic mass is 16.2. The van der Waals surface area contributed by atoms with E-state index >= 15 is 0 Å². The molecule has 1 aliphatic heterocycles. The quantitative estimate of drug-likeness (QED) is 0.916. The molecule has 118 valence electrons. The molecule has 0 bridgehead atoms. The van der Waals surface area contributed by atoms with Crippen molar-refractivity contribution in [1.82, 2.24) is 5.32 Å². The minimum absolute atomic E-state index is 0.144. The van der Waals surface area contributed by atoms with Crippen molar-refractivity contribution in [2.45, 2.75) is 19.4 Å². The third-order valence-corrected chi connectivity index (χ3v) is 3.97. The summed E-state index contributed by atoms with van der Waals surface area (Å²) in [4.78, 5) is 25.3. The molecular weight excluding hydrogens is 290 g/mol. The van der Waals surface area contributed by atoms with Crippen LogP contribution in [0.15, 0.2) is 48.5 Å². The van der Waals surface area contributed by atoms with Crippen molar-refractivity contribution >= 4 is 23.3 Å². The van der Waals surface area contributed by atoms with E-state index in [0.717, 1.165) is 28.9 Å². The standard InChI is InChI=1S/C18H19N3O2/c1-21-16-9-7-13(11-14(16)8-10-17(21)22)12-19-18(23)20-15-5-3-2-4-6-15/h2-7,9,11H,8,10,12H2,1H3,(H2,19,20,23). The summed E-state index contributed by atoms with van der Waals surface area (Å²) < 4.78 is 0. The molecule has 0 fully saturated rings. The van der Waals surface area contributed by atoms with Gasteiger partial charge in [-0.25, -0.2) is 4.79 Å². The SMILES string of the molecule is CN1C(=O)CCc2cc(CNC(=O)Nc3ccccc3)ccc21. The first-order valence-corrected chi connectivity index (χ1v) is 7.62. The number of nitrogens with zero attached hydrogens (tertiary/aromatic N) is 1. The molecular formula is C18H19N3O2. The number of amides is 3. The molecule has 2 N–H and O–H groups in total. The number of carbonyl (C=O) groups excluding carboxylic acids is 2. The van der Waals surface area contributed by atoms with Gasteiger partial charge in [-0.05, 0) is 35.7 Å². The molecule has 0 saturated heterocycles. The largest absolute Gasteiger partial charge is 0.334 e. The van der Waals surface area contributed by atoms with Gasteiger partial charge >= 0.3 is 6.03 Å². The first kappa shape index (κ1) is 15.1. The van der Waals surface area contributed by atoms with Crippen molar-refractivity contribution in [2.24, 2.45) is 0 Å². The molecule has 0 aromatic heterocycles. The van der Waals surface area contributed by atoms with Gasteiger partial charge < -0.3 is 15.5 Å². The topological polar surface area (TPSA) is 61.4 Å². The maximum absolute atomic E-state index is 11.9. The molecule has 1 heterocycles. The second-order valence-electron chi connectivity index (χ2n) is 5.59. The van der Waals surface area contributed by atoms with Crippen LogP contribution < -0.4 is 15.5 Å². The zero-order valence-corrected chi connectivity index (χ0v) is 13.0. The molecule has 1 aliphatic rings. The monoisotopic (exact) mass is 309 g/mol. The summed E-state index contributed by atoms with van der Waals surface area (Å²) in [6.45, 7) is 0.448. The lowest BCUT2D eigenvalue weighted by Crippen LogP contribution is -2.31. The highest BCUT2D eigenvalue weighted by Crippen LogP contribution is 2.27. The molecule has 0 spiro atoms. The molecule has 3 rings (SSSR count). The molecule has 0 aliphatic carbocycles. The van der Waals surface area contributed by atoms with Gasteiger partial charge in [0, 0.05) is 31.4 Å². The fourth-order valence-electron chi connectivity index (χ4n) is 2.70. The van der Waals surface area contributed by atoms with Crippen LogP contribution in [0.4, 0.5) is 16.2 Å². The zero-order chi connectivity index (χ0) is 16.2. The minimum Gasteiger partial charge on any atom is -0.334 e. The van der Waals surface area contributed by atoms with E-state index in [-0.39, 0.29) is 11.9 Å². The number of fused-ring (bicyclic) bond motifs is 1. The molecule has 0 unspecified atom stereocenters. The summed E-state index contributed by atoms with van der Waals surface area (Å²) in [7, 11) is 1.80. The highest BCUT2D eigenvalue weighted by Gasteiger charge is 2.20. The first-order chi connectivity index (χ1) is 11.1. The third kappa shape index (κ3) is 3.51. The molecule has 23 heavy (non-hydrogen) atoms. The van der Waals surface area contributed by atoms with Crippen LogP contribution in [0.5, 0.6) is 0 Å². The zero-order valence-electron chi connectivity index (χ0n) is 13.0. The first-order valence-electron chi connectivity index (χ1n) is 7.62. The number of rotatable bonds is 3. The lowest BCUT2D eigenvalue weighted by atomic mass is 9.99. The Kier molecular flexibility index (Phi) is 4.28. The maximum Gasteiger partial charge on any atom is 0.319 e. The smallest absolute Gasteiger partial charge is 0.319 e. The maximum atomic E-state index is 11.9. The van der Waals surface area contributed by atoms with Crippen LogP contribution >= 0.6 is 0 Å². The predicted molar refractivity (Wildman–Crippen MR) is 90.5 cm³/mol. The van der Waals surface area contributed by atoms with E-state index < -0.39 is 0 Å². The number of carbonyl (C=O) groups is 2. The number of nitrogens with one attached hydrogen (secondary N) is 2. The van der Waals surface area contributed by atoms with E-state index in [1.807, 2.05) is 42.5 Å². The van der Waals surface area contributed by atoms with Crippen molar-refractivity contribution in [3.63, 3.8) is 0 Å². The summed E-state index contributed by atoms with van der Waals surface area (Å²) in [5.41, 5.74) is 3.89. The normalized spacial score (nSPS) is 13.4. The summed E-state index contributed by atoms with van der Waals surface area (Å²) in [5.74, 6) is 0.144. The van der Waals surface area contributed by atoms with Crippen molar-refractivity contribution in [3.05, 3.63) is 59.7 Å². The van der Waals surface area contributed by atoms with Gasteiger partial charge in [-0.15, -0.1) is 0 Å². The third-order valence-electron chi connectivity index (χ3n) is 3.97. The van der Waals surface area contributed by atoms with Crippen LogP contribution in [0, 0.1) is 0 Å². The predicted octanol–water partition coefficient (Wildman–Crippen LogP) is 2.92. The molecule has 3 amide bonds. The van der Waals surface area contributed by atoms with Crippen LogP contribution in [0.25, 0.3) is 0 Å². The Hall–Kier alpha value is -2.82. The van der Waals surface area contributed by atoms with Crippen molar-refractivity contribution in [3.8, 4) is 0 Å². The Labute approximate surface area is 135 Å². The van der Waals surface area contributed by atoms with E-state index in [2.05, 4.69) is 16.7 Å². The van der Waals surface area contributed by atoms with Crippen LogP contribution in [-0.4, -0.2) is 19.0 Å². The second kappa shape index (κ2) is 6.52. The lowest BCUT2D eigenvalue weighted by Gasteiger charge is -2.26. The Bertz CT molecular complexity index is 728. The molecule has 0 saturated carbocycles. The average Bonchev–Trinajstić information content (AvgIpc) is 2.57. The Morgan fingerprint density at radius 2 is 1.91 bits per heavy atom.